The number of carbonyl (C=O) groups excluding carboxylic acids is 1. The molecule has 0 unspecified atom stereocenters. The Morgan fingerprint density at radius 3 is 2.43 bits per heavy atom. The molecule has 4 aromatic rings. The number of aromatic nitrogens is 2. The molecule has 2 aromatic carbocycles. The van der Waals surface area contributed by atoms with Gasteiger partial charge in [0.25, 0.3) is 5.91 Å². The number of anilines is 1. The smallest absolute Gasteiger partial charge is 0.255 e. The normalized spacial score (nSPS) is 10.8. The topological polar surface area (TPSA) is 69.3 Å². The van der Waals surface area contributed by atoms with E-state index in [2.05, 4.69) is 10.4 Å². The van der Waals surface area contributed by atoms with E-state index >= 15 is 0 Å². The molecule has 2 aromatic heterocycles. The number of rotatable bonds is 6. The fourth-order valence-corrected chi connectivity index (χ4v) is 3.13. The summed E-state index contributed by atoms with van der Waals surface area (Å²) in [5.41, 5.74) is 3.76. The highest BCUT2D eigenvalue weighted by Gasteiger charge is 2.11. The van der Waals surface area contributed by atoms with Gasteiger partial charge in [-0.1, -0.05) is 11.6 Å². The van der Waals surface area contributed by atoms with Gasteiger partial charge in [-0.25, -0.2) is 4.68 Å². The molecule has 0 fully saturated rings. The van der Waals surface area contributed by atoms with E-state index in [1.54, 1.807) is 35.2 Å². The standard InChI is InChI=1S/C23H20ClN3O3/c1-15-22(24)16(2)27(26-15)19-9-7-18(8-10-19)25-23(28)17-5-11-20(12-6-17)30-14-21-4-3-13-29-21/h3-13H,14H2,1-2H3,(H,25,28). The average molecular weight is 422 g/mol. The number of nitrogens with zero attached hydrogens (tertiary/aromatic N) is 2. The van der Waals surface area contributed by atoms with Crippen molar-refractivity contribution >= 4 is 23.2 Å². The second-order valence-electron chi connectivity index (χ2n) is 6.79. The van der Waals surface area contributed by atoms with Crippen LogP contribution in [0.5, 0.6) is 5.75 Å². The van der Waals surface area contributed by atoms with Crippen LogP contribution in [0.1, 0.15) is 27.5 Å². The molecular weight excluding hydrogens is 402 g/mol. The maximum atomic E-state index is 12.5. The van der Waals surface area contributed by atoms with Crippen LogP contribution in [-0.2, 0) is 6.61 Å². The van der Waals surface area contributed by atoms with Crippen molar-refractivity contribution in [1.29, 1.82) is 0 Å². The Morgan fingerprint density at radius 2 is 1.83 bits per heavy atom. The molecule has 0 radical (unpaired) electrons. The van der Waals surface area contributed by atoms with Gasteiger partial charge in [-0.15, -0.1) is 0 Å². The van der Waals surface area contributed by atoms with Crippen molar-refractivity contribution in [3.8, 4) is 11.4 Å². The number of aryl methyl sites for hydroxylation is 1. The minimum atomic E-state index is -0.200. The van der Waals surface area contributed by atoms with Crippen molar-refractivity contribution in [2.45, 2.75) is 20.5 Å². The predicted molar refractivity (Wildman–Crippen MR) is 115 cm³/mol. The number of furan rings is 1. The lowest BCUT2D eigenvalue weighted by Crippen LogP contribution is -2.12. The van der Waals surface area contributed by atoms with Gasteiger partial charge in [-0.3, -0.25) is 4.79 Å². The second-order valence-corrected chi connectivity index (χ2v) is 7.17. The van der Waals surface area contributed by atoms with Gasteiger partial charge in [-0.2, -0.15) is 5.10 Å². The van der Waals surface area contributed by atoms with Crippen molar-refractivity contribution in [2.24, 2.45) is 0 Å². The number of ether oxygens (including phenoxy) is 1. The lowest BCUT2D eigenvalue weighted by Gasteiger charge is -2.09. The molecular formula is C23H20ClN3O3. The summed E-state index contributed by atoms with van der Waals surface area (Å²) in [6, 6.07) is 18.0. The van der Waals surface area contributed by atoms with Crippen molar-refractivity contribution < 1.29 is 13.9 Å². The minimum Gasteiger partial charge on any atom is -0.486 e. The Labute approximate surface area is 179 Å². The van der Waals surface area contributed by atoms with Crippen LogP contribution in [-0.4, -0.2) is 15.7 Å². The molecule has 0 saturated heterocycles. The largest absolute Gasteiger partial charge is 0.486 e. The number of carbonyl (C=O) groups is 1. The number of amides is 1. The quantitative estimate of drug-likeness (QED) is 0.442. The van der Waals surface area contributed by atoms with Crippen LogP contribution in [0.2, 0.25) is 5.02 Å². The van der Waals surface area contributed by atoms with Crippen molar-refractivity contribution in [3.05, 3.63) is 94.7 Å². The first kappa shape index (κ1) is 19.8. The fourth-order valence-electron chi connectivity index (χ4n) is 3.02. The molecule has 0 aliphatic carbocycles. The maximum Gasteiger partial charge on any atom is 0.255 e. The lowest BCUT2D eigenvalue weighted by molar-refractivity contribution is 0.102. The number of benzene rings is 2. The predicted octanol–water partition coefficient (Wildman–Crippen LogP) is 5.57. The maximum absolute atomic E-state index is 12.5. The van der Waals surface area contributed by atoms with Crippen LogP contribution in [0.15, 0.2) is 71.3 Å². The SMILES string of the molecule is Cc1nn(-c2ccc(NC(=O)c3ccc(OCc4ccco4)cc3)cc2)c(C)c1Cl. The third-order valence-electron chi connectivity index (χ3n) is 4.65. The molecule has 1 amide bonds. The summed E-state index contributed by atoms with van der Waals surface area (Å²) in [5.74, 6) is 1.20. The monoisotopic (exact) mass is 421 g/mol. The van der Waals surface area contributed by atoms with Crippen LogP contribution in [0.3, 0.4) is 0 Å². The Morgan fingerprint density at radius 1 is 1.10 bits per heavy atom. The Hall–Kier alpha value is -3.51. The van der Waals surface area contributed by atoms with Gasteiger partial charge < -0.3 is 14.5 Å². The van der Waals surface area contributed by atoms with Crippen LogP contribution < -0.4 is 10.1 Å². The van der Waals surface area contributed by atoms with E-state index < -0.39 is 0 Å². The first-order valence-electron chi connectivity index (χ1n) is 9.40. The molecule has 1 N–H and O–H groups in total. The zero-order valence-corrected chi connectivity index (χ0v) is 17.3. The van der Waals surface area contributed by atoms with Crippen molar-refractivity contribution in [2.75, 3.05) is 5.32 Å². The van der Waals surface area contributed by atoms with Gasteiger partial charge in [0.05, 0.1) is 28.4 Å². The van der Waals surface area contributed by atoms with E-state index in [0.29, 0.717) is 28.6 Å². The molecule has 0 bridgehead atoms. The summed E-state index contributed by atoms with van der Waals surface area (Å²) in [6.07, 6.45) is 1.60. The van der Waals surface area contributed by atoms with E-state index in [1.807, 2.05) is 50.2 Å². The Kier molecular flexibility index (Phi) is 5.59. The first-order chi connectivity index (χ1) is 14.5. The van der Waals surface area contributed by atoms with E-state index in [0.717, 1.165) is 22.8 Å². The second kappa shape index (κ2) is 8.47. The van der Waals surface area contributed by atoms with Crippen LogP contribution >= 0.6 is 11.6 Å². The van der Waals surface area contributed by atoms with Crippen molar-refractivity contribution in [3.63, 3.8) is 0 Å². The molecule has 0 spiro atoms. The molecule has 6 nitrogen and oxygen atoms in total. The Bertz CT molecular complexity index is 1150. The summed E-state index contributed by atoms with van der Waals surface area (Å²) < 4.78 is 12.7. The molecule has 0 aliphatic heterocycles. The summed E-state index contributed by atoms with van der Waals surface area (Å²) in [6.45, 7) is 4.12. The van der Waals surface area contributed by atoms with Gasteiger partial charge in [0.15, 0.2) is 0 Å². The van der Waals surface area contributed by atoms with E-state index in [9.17, 15) is 4.79 Å². The Balaban J connectivity index is 1.39. The lowest BCUT2D eigenvalue weighted by atomic mass is 10.2. The number of nitrogens with one attached hydrogen (secondary N) is 1. The fraction of sp³-hybridized carbons (Fsp3) is 0.130. The third kappa shape index (κ3) is 4.23. The molecule has 0 aliphatic rings. The summed E-state index contributed by atoms with van der Waals surface area (Å²) >= 11 is 6.22. The van der Waals surface area contributed by atoms with Crippen molar-refractivity contribution in [1.82, 2.24) is 9.78 Å². The third-order valence-corrected chi connectivity index (χ3v) is 5.20. The summed E-state index contributed by atoms with van der Waals surface area (Å²) in [5, 5.41) is 7.99. The minimum absolute atomic E-state index is 0.200. The zero-order valence-electron chi connectivity index (χ0n) is 16.6. The molecule has 0 atom stereocenters. The van der Waals surface area contributed by atoms with E-state index in [4.69, 9.17) is 20.8 Å². The first-order valence-corrected chi connectivity index (χ1v) is 9.78. The molecule has 2 heterocycles. The van der Waals surface area contributed by atoms with Gasteiger partial charge in [-0.05, 0) is 74.5 Å². The highest BCUT2D eigenvalue weighted by molar-refractivity contribution is 6.31. The average Bonchev–Trinajstić information content (AvgIpc) is 3.37. The number of hydrogen-bond acceptors (Lipinski definition) is 4. The molecule has 4 rings (SSSR count). The van der Waals surface area contributed by atoms with Crippen LogP contribution in [0.4, 0.5) is 5.69 Å². The number of hydrogen-bond donors (Lipinski definition) is 1. The highest BCUT2D eigenvalue weighted by Crippen LogP contribution is 2.23. The van der Waals surface area contributed by atoms with E-state index in [1.165, 1.54) is 0 Å². The van der Waals surface area contributed by atoms with Crippen LogP contribution in [0.25, 0.3) is 5.69 Å². The number of halogens is 1. The molecule has 0 saturated carbocycles. The van der Waals surface area contributed by atoms with Gasteiger partial charge in [0.2, 0.25) is 0 Å². The van der Waals surface area contributed by atoms with Crippen LogP contribution in [0, 0.1) is 13.8 Å². The summed E-state index contributed by atoms with van der Waals surface area (Å²) in [7, 11) is 0. The molecule has 30 heavy (non-hydrogen) atoms. The highest BCUT2D eigenvalue weighted by atomic mass is 35.5. The van der Waals surface area contributed by atoms with Gasteiger partial charge >= 0.3 is 0 Å². The molecule has 7 heteroatoms. The van der Waals surface area contributed by atoms with E-state index in [-0.39, 0.29) is 5.91 Å². The molecule has 152 valence electrons. The zero-order chi connectivity index (χ0) is 21.1. The van der Waals surface area contributed by atoms with Gasteiger partial charge in [0, 0.05) is 11.3 Å². The summed E-state index contributed by atoms with van der Waals surface area (Å²) in [4.78, 5) is 12.5. The van der Waals surface area contributed by atoms with Gasteiger partial charge in [0.1, 0.15) is 18.1 Å².